The van der Waals surface area contributed by atoms with Gasteiger partial charge in [0.15, 0.2) is 0 Å². The monoisotopic (exact) mass is 280 g/mol. The average molecular weight is 280 g/mol. The molecule has 1 saturated carbocycles. The van der Waals surface area contributed by atoms with Crippen LogP contribution in [0.15, 0.2) is 0 Å². The van der Waals surface area contributed by atoms with E-state index in [0.717, 1.165) is 6.54 Å². The molecule has 2 aliphatic rings. The van der Waals surface area contributed by atoms with Gasteiger partial charge in [0.05, 0.1) is 0 Å². The van der Waals surface area contributed by atoms with Crippen LogP contribution < -0.4 is 5.32 Å². The van der Waals surface area contributed by atoms with Gasteiger partial charge in [-0.25, -0.2) is 0 Å². The molecule has 0 bridgehead atoms. The van der Waals surface area contributed by atoms with E-state index in [0.29, 0.717) is 25.3 Å². The van der Waals surface area contributed by atoms with E-state index in [1.807, 2.05) is 6.92 Å². The number of amides is 2. The molecule has 2 rings (SSSR count). The summed E-state index contributed by atoms with van der Waals surface area (Å²) < 4.78 is 0. The molecule has 2 amide bonds. The zero-order chi connectivity index (χ0) is 14.5. The maximum absolute atomic E-state index is 12.1. The predicted molar refractivity (Wildman–Crippen MR) is 79.2 cm³/mol. The first-order valence-electron chi connectivity index (χ1n) is 8.18. The van der Waals surface area contributed by atoms with Crippen molar-refractivity contribution in [3.05, 3.63) is 0 Å². The molecule has 114 valence electrons. The van der Waals surface area contributed by atoms with Crippen LogP contribution in [0.4, 0.5) is 0 Å². The van der Waals surface area contributed by atoms with Crippen LogP contribution in [0, 0.1) is 11.8 Å². The molecule has 20 heavy (non-hydrogen) atoms. The molecule has 1 unspecified atom stereocenters. The molecule has 0 radical (unpaired) electrons. The molecule has 0 aromatic rings. The van der Waals surface area contributed by atoms with Gasteiger partial charge in [0, 0.05) is 25.4 Å². The highest BCUT2D eigenvalue weighted by Crippen LogP contribution is 2.28. The summed E-state index contributed by atoms with van der Waals surface area (Å²) in [4.78, 5) is 25.7. The van der Waals surface area contributed by atoms with Crippen molar-refractivity contribution >= 4 is 11.8 Å². The molecule has 2 fully saturated rings. The van der Waals surface area contributed by atoms with Crippen LogP contribution in [0.25, 0.3) is 0 Å². The summed E-state index contributed by atoms with van der Waals surface area (Å²) in [5.41, 5.74) is 0. The summed E-state index contributed by atoms with van der Waals surface area (Å²) in [7, 11) is 0. The molecular weight excluding hydrogens is 252 g/mol. The van der Waals surface area contributed by atoms with Gasteiger partial charge < -0.3 is 5.32 Å². The van der Waals surface area contributed by atoms with Crippen LogP contribution >= 0.6 is 0 Å². The molecule has 1 saturated heterocycles. The van der Waals surface area contributed by atoms with Crippen LogP contribution in [0.3, 0.4) is 0 Å². The Labute approximate surface area is 122 Å². The number of hydrogen-bond donors (Lipinski definition) is 1. The number of carbonyl (C=O) groups is 2. The first kappa shape index (κ1) is 15.5. The molecule has 1 heterocycles. The second-order valence-electron chi connectivity index (χ2n) is 6.47. The molecule has 1 aliphatic heterocycles. The summed E-state index contributed by atoms with van der Waals surface area (Å²) in [6, 6.07) is 0.279. The topological polar surface area (TPSA) is 49.4 Å². The van der Waals surface area contributed by atoms with Crippen molar-refractivity contribution in [1.82, 2.24) is 10.2 Å². The molecule has 1 N–H and O–H groups in total. The number of imide groups is 1. The van der Waals surface area contributed by atoms with Crippen molar-refractivity contribution in [3.8, 4) is 0 Å². The van der Waals surface area contributed by atoms with Gasteiger partial charge in [0.2, 0.25) is 11.8 Å². The van der Waals surface area contributed by atoms with E-state index in [1.54, 1.807) is 0 Å². The number of likely N-dealkylation sites (tertiary alicyclic amines) is 1. The zero-order valence-corrected chi connectivity index (χ0v) is 12.9. The van der Waals surface area contributed by atoms with Gasteiger partial charge in [-0.15, -0.1) is 0 Å². The Balaban J connectivity index is 1.99. The molecule has 0 spiro atoms. The fourth-order valence-corrected chi connectivity index (χ4v) is 3.61. The van der Waals surface area contributed by atoms with Crippen LogP contribution in [0.1, 0.15) is 58.8 Å². The second kappa shape index (κ2) is 7.21. The first-order chi connectivity index (χ1) is 9.61. The predicted octanol–water partition coefficient (Wildman–Crippen LogP) is 2.33. The maximum Gasteiger partial charge on any atom is 0.229 e. The number of hydrogen-bond acceptors (Lipinski definition) is 3. The number of piperidine rings is 1. The van der Waals surface area contributed by atoms with E-state index in [9.17, 15) is 9.59 Å². The summed E-state index contributed by atoms with van der Waals surface area (Å²) in [6.07, 6.45) is 7.39. The van der Waals surface area contributed by atoms with Crippen LogP contribution in [-0.2, 0) is 9.59 Å². The lowest BCUT2D eigenvalue weighted by Gasteiger charge is -2.36. The molecular formula is C16H28N2O2. The Morgan fingerprint density at radius 3 is 2.30 bits per heavy atom. The molecule has 0 aromatic heterocycles. The van der Waals surface area contributed by atoms with Gasteiger partial charge in [0.1, 0.15) is 0 Å². The van der Waals surface area contributed by atoms with E-state index in [2.05, 4.69) is 12.2 Å². The van der Waals surface area contributed by atoms with E-state index in [4.69, 9.17) is 0 Å². The Hall–Kier alpha value is -0.900. The van der Waals surface area contributed by atoms with Crippen molar-refractivity contribution in [2.45, 2.75) is 64.8 Å². The molecule has 1 aliphatic carbocycles. The zero-order valence-electron chi connectivity index (χ0n) is 12.9. The van der Waals surface area contributed by atoms with Gasteiger partial charge in [-0.1, -0.05) is 33.1 Å². The maximum atomic E-state index is 12.1. The first-order valence-corrected chi connectivity index (χ1v) is 8.18. The summed E-state index contributed by atoms with van der Waals surface area (Å²) in [6.45, 7) is 5.55. The number of rotatable bonds is 5. The number of nitrogens with one attached hydrogen (secondary N) is 1. The Morgan fingerprint density at radius 2 is 1.75 bits per heavy atom. The second-order valence-corrected chi connectivity index (χ2v) is 6.47. The fraction of sp³-hybridized carbons (Fsp3) is 0.875. The van der Waals surface area contributed by atoms with Crippen LogP contribution in [0.5, 0.6) is 0 Å². The SMILES string of the molecule is CCNC(CN1C(=O)CC(C)CC1=O)C1CCCCC1. The van der Waals surface area contributed by atoms with Crippen molar-refractivity contribution < 1.29 is 9.59 Å². The lowest BCUT2D eigenvalue weighted by Crippen LogP contribution is -2.52. The minimum absolute atomic E-state index is 0.0208. The standard InChI is InChI=1S/C16H28N2O2/c1-3-17-14(13-7-5-4-6-8-13)11-18-15(19)9-12(2)10-16(18)20/h12-14,17H,3-11H2,1-2H3. The third-order valence-electron chi connectivity index (χ3n) is 4.71. The van der Waals surface area contributed by atoms with E-state index < -0.39 is 0 Å². The molecule has 0 aromatic carbocycles. The van der Waals surface area contributed by atoms with Crippen molar-refractivity contribution in [1.29, 1.82) is 0 Å². The highest BCUT2D eigenvalue weighted by atomic mass is 16.2. The average Bonchev–Trinajstić information content (AvgIpc) is 2.42. The fourth-order valence-electron chi connectivity index (χ4n) is 3.61. The molecule has 4 heteroatoms. The third-order valence-corrected chi connectivity index (χ3v) is 4.71. The third kappa shape index (κ3) is 3.81. The molecule has 1 atom stereocenters. The minimum Gasteiger partial charge on any atom is -0.312 e. The van der Waals surface area contributed by atoms with Crippen LogP contribution in [0.2, 0.25) is 0 Å². The van der Waals surface area contributed by atoms with Gasteiger partial charge >= 0.3 is 0 Å². The lowest BCUT2D eigenvalue weighted by atomic mass is 9.83. The van der Waals surface area contributed by atoms with Crippen molar-refractivity contribution in [2.24, 2.45) is 11.8 Å². The van der Waals surface area contributed by atoms with Gasteiger partial charge in [-0.2, -0.15) is 0 Å². The summed E-state index contributed by atoms with van der Waals surface area (Å²) in [5, 5.41) is 3.51. The van der Waals surface area contributed by atoms with E-state index in [-0.39, 0.29) is 23.8 Å². The Morgan fingerprint density at radius 1 is 1.15 bits per heavy atom. The largest absolute Gasteiger partial charge is 0.312 e. The minimum atomic E-state index is 0.0208. The van der Waals surface area contributed by atoms with Gasteiger partial charge in [-0.3, -0.25) is 14.5 Å². The van der Waals surface area contributed by atoms with E-state index in [1.165, 1.54) is 37.0 Å². The van der Waals surface area contributed by atoms with Crippen molar-refractivity contribution in [3.63, 3.8) is 0 Å². The quantitative estimate of drug-likeness (QED) is 0.786. The number of likely N-dealkylation sites (N-methyl/N-ethyl adjacent to an activating group) is 1. The highest BCUT2D eigenvalue weighted by molar-refractivity contribution is 5.97. The number of nitrogens with zero attached hydrogens (tertiary/aromatic N) is 1. The van der Waals surface area contributed by atoms with Gasteiger partial charge in [0.25, 0.3) is 0 Å². The lowest BCUT2D eigenvalue weighted by molar-refractivity contribution is -0.150. The van der Waals surface area contributed by atoms with Gasteiger partial charge in [-0.05, 0) is 31.2 Å². The Bertz CT molecular complexity index is 332. The summed E-state index contributed by atoms with van der Waals surface area (Å²) in [5.74, 6) is 0.863. The van der Waals surface area contributed by atoms with Crippen molar-refractivity contribution in [2.75, 3.05) is 13.1 Å². The smallest absolute Gasteiger partial charge is 0.229 e. The molecule has 4 nitrogen and oxygen atoms in total. The number of carbonyl (C=O) groups excluding carboxylic acids is 2. The normalized spacial score (nSPS) is 24.2. The van der Waals surface area contributed by atoms with Crippen LogP contribution in [-0.4, -0.2) is 35.8 Å². The van der Waals surface area contributed by atoms with E-state index >= 15 is 0 Å². The summed E-state index contributed by atoms with van der Waals surface area (Å²) >= 11 is 0. The highest BCUT2D eigenvalue weighted by Gasteiger charge is 2.34. The Kier molecular flexibility index (Phi) is 5.58.